The van der Waals surface area contributed by atoms with Gasteiger partial charge in [0.05, 0.1) is 5.57 Å². The average molecular weight is 287 g/mol. The van der Waals surface area contributed by atoms with Crippen molar-refractivity contribution in [3.8, 4) is 12.1 Å². The monoisotopic (exact) mass is 286 g/mol. The Kier molecular flexibility index (Phi) is 3.82. The van der Waals surface area contributed by atoms with Gasteiger partial charge in [0.2, 0.25) is 0 Å². The number of nitrogen functional groups attached to an aromatic ring is 1. The number of rotatable bonds is 2. The highest BCUT2D eigenvalue weighted by Crippen LogP contribution is 2.28. The minimum Gasteiger partial charge on any atom is -0.382 e. The third kappa shape index (κ3) is 2.74. The van der Waals surface area contributed by atoms with Crippen molar-refractivity contribution in [3.05, 3.63) is 44.7 Å². The third-order valence-corrected chi connectivity index (χ3v) is 3.66. The lowest BCUT2D eigenvalue weighted by atomic mass is 10.1. The van der Waals surface area contributed by atoms with E-state index in [0.29, 0.717) is 26.0 Å². The summed E-state index contributed by atoms with van der Waals surface area (Å²) in [5.74, 6) is 0.141. The standard InChI is InChI=1S/C13H7ClN4S/c14-10-4-2-1-3-8(10)5-9(6-15)13-18-12(17)11(7-16)19-13/h1-5H,17H2. The first-order valence-electron chi connectivity index (χ1n) is 5.19. The van der Waals surface area contributed by atoms with Gasteiger partial charge in [-0.1, -0.05) is 41.1 Å². The van der Waals surface area contributed by atoms with Crippen LogP contribution in [-0.2, 0) is 0 Å². The van der Waals surface area contributed by atoms with Crippen molar-refractivity contribution >= 4 is 40.4 Å². The van der Waals surface area contributed by atoms with Crippen LogP contribution < -0.4 is 5.73 Å². The summed E-state index contributed by atoms with van der Waals surface area (Å²) in [5, 5.41) is 19.0. The molecule has 1 aromatic carbocycles. The largest absolute Gasteiger partial charge is 0.382 e. The van der Waals surface area contributed by atoms with Crippen LogP contribution in [0.25, 0.3) is 11.6 Å². The summed E-state index contributed by atoms with van der Waals surface area (Å²) in [6.07, 6.45) is 1.63. The van der Waals surface area contributed by atoms with Gasteiger partial charge in [0.1, 0.15) is 22.0 Å². The number of hydrogen-bond donors (Lipinski definition) is 1. The first-order chi connectivity index (χ1) is 9.15. The first-order valence-corrected chi connectivity index (χ1v) is 6.38. The Morgan fingerprint density at radius 1 is 1.37 bits per heavy atom. The molecule has 0 saturated heterocycles. The molecule has 6 heteroatoms. The van der Waals surface area contributed by atoms with E-state index in [4.69, 9.17) is 22.6 Å². The Balaban J connectivity index is 2.49. The summed E-state index contributed by atoms with van der Waals surface area (Å²) in [6.45, 7) is 0. The van der Waals surface area contributed by atoms with Gasteiger partial charge in [-0.15, -0.1) is 0 Å². The predicted octanol–water partition coefficient (Wildman–Crippen LogP) is 3.31. The van der Waals surface area contributed by atoms with E-state index in [1.165, 1.54) is 0 Å². The number of nitrogens with zero attached hydrogens (tertiary/aromatic N) is 3. The second kappa shape index (κ2) is 5.53. The summed E-state index contributed by atoms with van der Waals surface area (Å²) in [7, 11) is 0. The molecule has 0 aliphatic carbocycles. The Labute approximate surface area is 119 Å². The fourth-order valence-corrected chi connectivity index (χ4v) is 2.35. The lowest BCUT2D eigenvalue weighted by molar-refractivity contribution is 1.37. The molecule has 0 amide bonds. The summed E-state index contributed by atoms with van der Waals surface area (Å²) < 4.78 is 0. The second-order valence-electron chi connectivity index (χ2n) is 3.54. The summed E-state index contributed by atoms with van der Waals surface area (Å²) in [4.78, 5) is 4.32. The number of anilines is 1. The Hall–Kier alpha value is -2.34. The number of nitrogens with two attached hydrogens (primary N) is 1. The van der Waals surface area contributed by atoms with Crippen molar-refractivity contribution in [2.24, 2.45) is 0 Å². The molecule has 0 unspecified atom stereocenters. The summed E-state index contributed by atoms with van der Waals surface area (Å²) in [5.41, 5.74) is 6.62. The summed E-state index contributed by atoms with van der Waals surface area (Å²) >= 11 is 7.11. The van der Waals surface area contributed by atoms with E-state index in [9.17, 15) is 5.26 Å². The third-order valence-electron chi connectivity index (χ3n) is 2.31. The van der Waals surface area contributed by atoms with Gasteiger partial charge in [0.15, 0.2) is 5.82 Å². The molecular formula is C13H7ClN4S. The number of allylic oxidation sites excluding steroid dienone is 1. The fourth-order valence-electron chi connectivity index (χ4n) is 1.42. The van der Waals surface area contributed by atoms with Gasteiger partial charge in [-0.25, -0.2) is 4.98 Å². The molecule has 0 aliphatic rings. The zero-order chi connectivity index (χ0) is 13.8. The minimum absolute atomic E-state index is 0.141. The van der Waals surface area contributed by atoms with E-state index in [1.54, 1.807) is 24.3 Å². The number of benzene rings is 1. The van der Waals surface area contributed by atoms with Crippen molar-refractivity contribution < 1.29 is 0 Å². The van der Waals surface area contributed by atoms with Crippen LogP contribution in [0.5, 0.6) is 0 Å². The minimum atomic E-state index is 0.141. The van der Waals surface area contributed by atoms with Crippen molar-refractivity contribution in [2.75, 3.05) is 5.73 Å². The second-order valence-corrected chi connectivity index (χ2v) is 4.94. The van der Waals surface area contributed by atoms with Gasteiger partial charge in [-0.05, 0) is 17.7 Å². The quantitative estimate of drug-likeness (QED) is 0.858. The Morgan fingerprint density at radius 3 is 2.68 bits per heavy atom. The SMILES string of the molecule is N#CC(=Cc1ccccc1Cl)c1nc(N)c(C#N)s1. The fraction of sp³-hybridized carbons (Fsp3) is 0. The molecule has 1 aromatic heterocycles. The highest BCUT2D eigenvalue weighted by atomic mass is 35.5. The van der Waals surface area contributed by atoms with E-state index in [-0.39, 0.29) is 5.82 Å². The smallest absolute Gasteiger partial charge is 0.153 e. The number of halogens is 1. The molecule has 0 atom stereocenters. The molecule has 0 aliphatic heterocycles. The maximum atomic E-state index is 9.19. The topological polar surface area (TPSA) is 86.5 Å². The number of aromatic nitrogens is 1. The molecule has 2 N–H and O–H groups in total. The van der Waals surface area contributed by atoms with Crippen LogP contribution in [0.3, 0.4) is 0 Å². The highest BCUT2D eigenvalue weighted by molar-refractivity contribution is 7.13. The maximum Gasteiger partial charge on any atom is 0.153 e. The molecule has 4 nitrogen and oxygen atoms in total. The Bertz CT molecular complexity index is 734. The van der Waals surface area contributed by atoms with E-state index in [1.807, 2.05) is 18.2 Å². The van der Waals surface area contributed by atoms with Gasteiger partial charge in [-0.3, -0.25) is 0 Å². The van der Waals surface area contributed by atoms with Gasteiger partial charge >= 0.3 is 0 Å². The molecule has 19 heavy (non-hydrogen) atoms. The van der Waals surface area contributed by atoms with Gasteiger partial charge < -0.3 is 5.73 Å². The van der Waals surface area contributed by atoms with Crippen LogP contribution in [0, 0.1) is 22.7 Å². The molecule has 0 radical (unpaired) electrons. The lowest BCUT2D eigenvalue weighted by Gasteiger charge is -1.97. The lowest BCUT2D eigenvalue weighted by Crippen LogP contribution is -1.88. The van der Waals surface area contributed by atoms with E-state index in [0.717, 1.165) is 11.3 Å². The zero-order valence-electron chi connectivity index (χ0n) is 9.59. The van der Waals surface area contributed by atoms with Crippen LogP contribution in [0.1, 0.15) is 15.4 Å². The molecule has 0 spiro atoms. The normalized spacial score (nSPS) is 10.8. The molecule has 2 rings (SSSR count). The average Bonchev–Trinajstić information content (AvgIpc) is 2.79. The number of hydrogen-bond acceptors (Lipinski definition) is 5. The molecule has 1 heterocycles. The van der Waals surface area contributed by atoms with Crippen molar-refractivity contribution in [2.45, 2.75) is 0 Å². The highest BCUT2D eigenvalue weighted by Gasteiger charge is 2.12. The van der Waals surface area contributed by atoms with Crippen LogP contribution in [-0.4, -0.2) is 4.98 Å². The van der Waals surface area contributed by atoms with Crippen LogP contribution >= 0.6 is 22.9 Å². The van der Waals surface area contributed by atoms with Crippen molar-refractivity contribution in [1.82, 2.24) is 4.98 Å². The van der Waals surface area contributed by atoms with Crippen molar-refractivity contribution in [1.29, 1.82) is 10.5 Å². The molecular weight excluding hydrogens is 280 g/mol. The van der Waals surface area contributed by atoms with Crippen LogP contribution in [0.15, 0.2) is 24.3 Å². The van der Waals surface area contributed by atoms with Gasteiger partial charge in [0.25, 0.3) is 0 Å². The van der Waals surface area contributed by atoms with E-state index in [2.05, 4.69) is 4.98 Å². The predicted molar refractivity (Wildman–Crippen MR) is 76.2 cm³/mol. The first kappa shape index (κ1) is 13.1. The molecule has 0 saturated carbocycles. The van der Waals surface area contributed by atoms with Gasteiger partial charge in [0, 0.05) is 5.02 Å². The zero-order valence-corrected chi connectivity index (χ0v) is 11.2. The van der Waals surface area contributed by atoms with Crippen LogP contribution in [0.4, 0.5) is 5.82 Å². The Morgan fingerprint density at radius 2 is 2.11 bits per heavy atom. The van der Waals surface area contributed by atoms with Crippen molar-refractivity contribution in [3.63, 3.8) is 0 Å². The maximum absolute atomic E-state index is 9.19. The molecule has 0 fully saturated rings. The van der Waals surface area contributed by atoms with E-state index >= 15 is 0 Å². The number of nitriles is 2. The van der Waals surface area contributed by atoms with Crippen LogP contribution in [0.2, 0.25) is 5.02 Å². The van der Waals surface area contributed by atoms with Gasteiger partial charge in [-0.2, -0.15) is 10.5 Å². The number of thiazole rings is 1. The van der Waals surface area contributed by atoms with E-state index < -0.39 is 0 Å². The molecule has 2 aromatic rings. The molecule has 92 valence electrons. The molecule has 0 bridgehead atoms. The summed E-state index contributed by atoms with van der Waals surface area (Å²) in [6, 6.07) is 11.1.